The molecule has 6 heteroatoms. The summed E-state index contributed by atoms with van der Waals surface area (Å²) in [6, 6.07) is 10.6. The van der Waals surface area contributed by atoms with E-state index in [4.69, 9.17) is 4.74 Å². The average molecular weight is 384 g/mol. The van der Waals surface area contributed by atoms with Gasteiger partial charge in [0, 0.05) is 23.6 Å². The van der Waals surface area contributed by atoms with E-state index in [1.54, 1.807) is 16.7 Å². The summed E-state index contributed by atoms with van der Waals surface area (Å²) >= 11 is 0. The maximum Gasteiger partial charge on any atom is 0.267 e. The van der Waals surface area contributed by atoms with Gasteiger partial charge < -0.3 is 14.6 Å². The van der Waals surface area contributed by atoms with E-state index in [0.717, 1.165) is 23.4 Å². The molecule has 3 aromatic rings. The van der Waals surface area contributed by atoms with Crippen molar-refractivity contribution in [3.63, 3.8) is 0 Å². The van der Waals surface area contributed by atoms with Crippen LogP contribution in [0.3, 0.4) is 0 Å². The highest BCUT2D eigenvalue weighted by Crippen LogP contribution is 2.30. The van der Waals surface area contributed by atoms with Gasteiger partial charge in [0.15, 0.2) is 0 Å². The van der Waals surface area contributed by atoms with Crippen molar-refractivity contribution in [2.45, 2.75) is 19.9 Å². The lowest BCUT2D eigenvalue weighted by atomic mass is 10.2. The molecule has 0 atom stereocenters. The second-order valence-corrected chi connectivity index (χ2v) is 6.40. The Balaban J connectivity index is 2.11. The zero-order valence-electron chi connectivity index (χ0n) is 15.7. The smallest absolute Gasteiger partial charge is 0.267 e. The van der Waals surface area contributed by atoms with Gasteiger partial charge in [-0.1, -0.05) is 31.7 Å². The largest absolute Gasteiger partial charge is 0.489 e. The molecule has 0 aliphatic rings. The van der Waals surface area contributed by atoms with Gasteiger partial charge in [-0.05, 0) is 30.7 Å². The van der Waals surface area contributed by atoms with E-state index < -0.39 is 11.6 Å². The van der Waals surface area contributed by atoms with Crippen LogP contribution in [-0.2, 0) is 6.54 Å². The normalized spacial score (nSPS) is 10.8. The lowest BCUT2D eigenvalue weighted by molar-refractivity contribution is 0.0945. The number of ether oxygens (including phenoxy) is 1. The molecule has 0 fully saturated rings. The van der Waals surface area contributed by atoms with E-state index in [1.165, 1.54) is 12.1 Å². The van der Waals surface area contributed by atoms with Crippen LogP contribution in [0.5, 0.6) is 5.75 Å². The summed E-state index contributed by atoms with van der Waals surface area (Å²) in [6.07, 6.45) is 2.44. The number of halogens is 2. The standard InChI is InChI=1S/C22H22F2N2O2/c1-3-10-25-22(27)20-13-17-19(6-5-7-21(17)28-11-4-2)26(20)14-15-8-9-16(23)12-18(15)24/h4-9,12-13H,2-3,10-11,14H2,1H3,(H,25,27). The summed E-state index contributed by atoms with van der Waals surface area (Å²) in [5, 5.41) is 3.60. The third-order valence-electron chi connectivity index (χ3n) is 4.37. The Morgan fingerprint density at radius 2 is 2.07 bits per heavy atom. The summed E-state index contributed by atoms with van der Waals surface area (Å²) < 4.78 is 34.9. The van der Waals surface area contributed by atoms with Gasteiger partial charge in [0.1, 0.15) is 29.7 Å². The molecular weight excluding hydrogens is 362 g/mol. The third kappa shape index (κ3) is 4.06. The van der Waals surface area contributed by atoms with Crippen molar-refractivity contribution in [3.05, 3.63) is 78.0 Å². The van der Waals surface area contributed by atoms with Gasteiger partial charge in [-0.15, -0.1) is 0 Å². The molecule has 2 aromatic carbocycles. The molecule has 146 valence electrons. The van der Waals surface area contributed by atoms with Gasteiger partial charge in [0.05, 0.1) is 12.1 Å². The number of aromatic nitrogens is 1. The average Bonchev–Trinajstić information content (AvgIpc) is 3.05. The van der Waals surface area contributed by atoms with Crippen molar-refractivity contribution < 1.29 is 18.3 Å². The number of amides is 1. The maximum atomic E-state index is 14.2. The molecule has 0 unspecified atom stereocenters. The molecule has 0 saturated heterocycles. The first kappa shape index (κ1) is 19.6. The number of benzene rings is 2. The topological polar surface area (TPSA) is 43.3 Å². The second kappa shape index (κ2) is 8.69. The van der Waals surface area contributed by atoms with E-state index in [2.05, 4.69) is 11.9 Å². The first-order chi connectivity index (χ1) is 13.5. The first-order valence-corrected chi connectivity index (χ1v) is 9.13. The lowest BCUT2D eigenvalue weighted by Gasteiger charge is -2.12. The van der Waals surface area contributed by atoms with E-state index in [0.29, 0.717) is 30.2 Å². The number of hydrogen-bond donors (Lipinski definition) is 1. The molecule has 0 radical (unpaired) electrons. The van der Waals surface area contributed by atoms with Crippen LogP contribution < -0.4 is 10.1 Å². The summed E-state index contributed by atoms with van der Waals surface area (Å²) in [5.41, 5.74) is 1.41. The number of nitrogens with zero attached hydrogens (tertiary/aromatic N) is 1. The highest BCUT2D eigenvalue weighted by atomic mass is 19.1. The van der Waals surface area contributed by atoms with Gasteiger partial charge in [-0.3, -0.25) is 4.79 Å². The molecule has 1 heterocycles. The molecule has 3 rings (SSSR count). The Morgan fingerprint density at radius 1 is 1.25 bits per heavy atom. The van der Waals surface area contributed by atoms with Crippen LogP contribution in [0.15, 0.2) is 55.1 Å². The first-order valence-electron chi connectivity index (χ1n) is 9.13. The molecule has 0 aliphatic carbocycles. The predicted octanol–water partition coefficient (Wildman–Crippen LogP) is 4.67. The van der Waals surface area contributed by atoms with Crippen LogP contribution in [0.1, 0.15) is 29.4 Å². The van der Waals surface area contributed by atoms with Gasteiger partial charge >= 0.3 is 0 Å². The fourth-order valence-electron chi connectivity index (χ4n) is 3.04. The molecule has 28 heavy (non-hydrogen) atoms. The number of carbonyl (C=O) groups is 1. The molecule has 1 aromatic heterocycles. The minimum absolute atomic E-state index is 0.0927. The van der Waals surface area contributed by atoms with Gasteiger partial charge in [-0.25, -0.2) is 8.78 Å². The van der Waals surface area contributed by atoms with Crippen molar-refractivity contribution in [3.8, 4) is 5.75 Å². The van der Waals surface area contributed by atoms with E-state index in [-0.39, 0.29) is 12.5 Å². The van der Waals surface area contributed by atoms with Crippen LogP contribution in [0.2, 0.25) is 0 Å². The number of fused-ring (bicyclic) bond motifs is 1. The Labute approximate surface area is 162 Å². The van der Waals surface area contributed by atoms with Crippen molar-refractivity contribution >= 4 is 16.8 Å². The SMILES string of the molecule is C=CCOc1cccc2c1cc(C(=O)NCCC)n2Cc1ccc(F)cc1F. The van der Waals surface area contributed by atoms with Crippen LogP contribution in [0.4, 0.5) is 8.78 Å². The number of carbonyl (C=O) groups excluding carboxylic acids is 1. The molecule has 0 bridgehead atoms. The second-order valence-electron chi connectivity index (χ2n) is 6.40. The van der Waals surface area contributed by atoms with Crippen molar-refractivity contribution in [2.24, 2.45) is 0 Å². The monoisotopic (exact) mass is 384 g/mol. The summed E-state index contributed by atoms with van der Waals surface area (Å²) in [6.45, 7) is 6.56. The number of hydrogen-bond acceptors (Lipinski definition) is 2. The van der Waals surface area contributed by atoms with Crippen molar-refractivity contribution in [1.82, 2.24) is 9.88 Å². The van der Waals surface area contributed by atoms with E-state index in [1.807, 2.05) is 25.1 Å². The highest BCUT2D eigenvalue weighted by molar-refractivity contribution is 6.00. The van der Waals surface area contributed by atoms with Gasteiger partial charge in [0.2, 0.25) is 0 Å². The molecule has 0 spiro atoms. The molecule has 0 aliphatic heterocycles. The van der Waals surface area contributed by atoms with Crippen LogP contribution in [0, 0.1) is 11.6 Å². The third-order valence-corrected chi connectivity index (χ3v) is 4.37. The van der Waals surface area contributed by atoms with Gasteiger partial charge in [-0.2, -0.15) is 0 Å². The van der Waals surface area contributed by atoms with E-state index >= 15 is 0 Å². The molecule has 0 saturated carbocycles. The minimum Gasteiger partial charge on any atom is -0.489 e. The Bertz CT molecular complexity index is 1010. The zero-order chi connectivity index (χ0) is 20.1. The maximum absolute atomic E-state index is 14.2. The van der Waals surface area contributed by atoms with Crippen molar-refractivity contribution in [1.29, 1.82) is 0 Å². The summed E-state index contributed by atoms with van der Waals surface area (Å²) in [5.74, 6) is -0.934. The van der Waals surface area contributed by atoms with Crippen LogP contribution in [0.25, 0.3) is 10.9 Å². The van der Waals surface area contributed by atoms with Gasteiger partial charge in [0.25, 0.3) is 5.91 Å². The fourth-order valence-corrected chi connectivity index (χ4v) is 3.04. The lowest BCUT2D eigenvalue weighted by Crippen LogP contribution is -2.26. The molecule has 4 nitrogen and oxygen atoms in total. The Morgan fingerprint density at radius 3 is 2.79 bits per heavy atom. The molecule has 1 amide bonds. The summed E-state index contributed by atoms with van der Waals surface area (Å²) in [7, 11) is 0. The Kier molecular flexibility index (Phi) is 6.09. The van der Waals surface area contributed by atoms with Crippen LogP contribution in [-0.4, -0.2) is 23.6 Å². The highest BCUT2D eigenvalue weighted by Gasteiger charge is 2.19. The zero-order valence-corrected chi connectivity index (χ0v) is 15.7. The number of nitrogens with one attached hydrogen (secondary N) is 1. The van der Waals surface area contributed by atoms with E-state index in [9.17, 15) is 13.6 Å². The molecule has 1 N–H and O–H groups in total. The quantitative estimate of drug-likeness (QED) is 0.574. The molecular formula is C22H22F2N2O2. The van der Waals surface area contributed by atoms with Crippen molar-refractivity contribution in [2.75, 3.05) is 13.2 Å². The number of rotatable bonds is 8. The minimum atomic E-state index is -0.652. The summed E-state index contributed by atoms with van der Waals surface area (Å²) in [4.78, 5) is 12.7. The van der Waals surface area contributed by atoms with Crippen LogP contribution >= 0.6 is 0 Å². The fraction of sp³-hybridized carbons (Fsp3) is 0.227. The predicted molar refractivity (Wildman–Crippen MR) is 106 cm³/mol. The Hall–Kier alpha value is -3.15.